The van der Waals surface area contributed by atoms with E-state index in [1.54, 1.807) is 0 Å². The summed E-state index contributed by atoms with van der Waals surface area (Å²) in [5.74, 6) is 1.16. The number of aromatic nitrogens is 1. The molecule has 2 aromatic rings. The number of carbonyl (C=O) groups excluding carboxylic acids is 1. The first kappa shape index (κ1) is 11.0. The Morgan fingerprint density at radius 2 is 2.21 bits per heavy atom. The van der Waals surface area contributed by atoms with E-state index in [-0.39, 0.29) is 11.8 Å². The highest BCUT2D eigenvalue weighted by Gasteiger charge is 2.31. The monoisotopic (exact) mass is 272 g/mol. The first-order chi connectivity index (χ1) is 9.31. The lowest BCUT2D eigenvalue weighted by atomic mass is 10.1. The van der Waals surface area contributed by atoms with Crippen LogP contribution in [-0.2, 0) is 11.4 Å². The number of fused-ring (bicyclic) bond motifs is 3. The molecule has 1 saturated carbocycles. The third-order valence-corrected chi connectivity index (χ3v) is 4.32. The summed E-state index contributed by atoms with van der Waals surface area (Å²) in [7, 11) is 0. The van der Waals surface area contributed by atoms with Crippen molar-refractivity contribution in [3.63, 3.8) is 0 Å². The fourth-order valence-corrected chi connectivity index (χ4v) is 3.09. The van der Waals surface area contributed by atoms with Crippen LogP contribution in [0.15, 0.2) is 24.3 Å². The normalized spacial score (nSPS) is 16.2. The van der Waals surface area contributed by atoms with Gasteiger partial charge in [-0.1, -0.05) is 23.5 Å². The predicted molar refractivity (Wildman–Crippen MR) is 73.2 cm³/mol. The van der Waals surface area contributed by atoms with Gasteiger partial charge in [-0.3, -0.25) is 4.79 Å². The molecule has 4 rings (SSSR count). The fraction of sp³-hybridized carbons (Fsp3) is 0.286. The third kappa shape index (κ3) is 1.90. The van der Waals surface area contributed by atoms with Crippen LogP contribution in [0, 0.1) is 5.92 Å². The van der Waals surface area contributed by atoms with Gasteiger partial charge in [-0.05, 0) is 25.0 Å². The minimum atomic E-state index is 0.0975. The Labute approximate surface area is 114 Å². The molecule has 0 bridgehead atoms. The van der Waals surface area contributed by atoms with Crippen LogP contribution in [0.2, 0.25) is 0 Å². The topological polar surface area (TPSA) is 51.2 Å². The molecular formula is C14H12N2O2S. The summed E-state index contributed by atoms with van der Waals surface area (Å²) in [6, 6.07) is 7.87. The van der Waals surface area contributed by atoms with E-state index in [4.69, 9.17) is 4.74 Å². The van der Waals surface area contributed by atoms with Crippen molar-refractivity contribution in [3.05, 3.63) is 29.1 Å². The number of rotatable bonds is 2. The summed E-state index contributed by atoms with van der Waals surface area (Å²) in [6.45, 7) is 0.531. The molecule has 2 aliphatic rings. The molecule has 0 radical (unpaired) electrons. The molecule has 2 heterocycles. The van der Waals surface area contributed by atoms with Crippen LogP contribution in [0.1, 0.15) is 17.7 Å². The highest BCUT2D eigenvalue weighted by molar-refractivity contribution is 7.16. The molecule has 0 atom stereocenters. The first-order valence-corrected chi connectivity index (χ1v) is 7.15. The van der Waals surface area contributed by atoms with Crippen molar-refractivity contribution in [1.29, 1.82) is 0 Å². The van der Waals surface area contributed by atoms with E-state index in [0.717, 1.165) is 34.7 Å². The smallest absolute Gasteiger partial charge is 0.229 e. The fourth-order valence-electron chi connectivity index (χ4n) is 2.20. The summed E-state index contributed by atoms with van der Waals surface area (Å²) in [4.78, 5) is 17.4. The molecule has 1 aliphatic heterocycles. The number of benzene rings is 1. The second kappa shape index (κ2) is 4.06. The van der Waals surface area contributed by atoms with Crippen molar-refractivity contribution < 1.29 is 9.53 Å². The van der Waals surface area contributed by atoms with E-state index in [1.165, 1.54) is 11.3 Å². The second-order valence-corrected chi connectivity index (χ2v) is 5.92. The van der Waals surface area contributed by atoms with Gasteiger partial charge in [0, 0.05) is 11.5 Å². The zero-order chi connectivity index (χ0) is 12.8. The molecule has 0 saturated heterocycles. The molecule has 1 amide bonds. The lowest BCUT2D eigenvalue weighted by Crippen LogP contribution is -2.12. The third-order valence-electron chi connectivity index (χ3n) is 3.38. The summed E-state index contributed by atoms with van der Waals surface area (Å²) >= 11 is 1.50. The van der Waals surface area contributed by atoms with Crippen LogP contribution in [0.4, 0.5) is 5.13 Å². The molecule has 0 spiro atoms. The highest BCUT2D eigenvalue weighted by Crippen LogP contribution is 2.41. The van der Waals surface area contributed by atoms with Gasteiger partial charge in [-0.2, -0.15) is 0 Å². The minimum absolute atomic E-state index is 0.0975. The number of ether oxygens (including phenoxy) is 1. The van der Waals surface area contributed by atoms with E-state index in [1.807, 2.05) is 24.3 Å². The number of nitrogens with zero attached hydrogens (tertiary/aromatic N) is 1. The van der Waals surface area contributed by atoms with Crippen molar-refractivity contribution >= 4 is 22.4 Å². The second-order valence-electron chi connectivity index (χ2n) is 4.84. The van der Waals surface area contributed by atoms with Gasteiger partial charge in [-0.15, -0.1) is 0 Å². The Bertz CT molecular complexity index is 661. The van der Waals surface area contributed by atoms with Gasteiger partial charge >= 0.3 is 0 Å². The van der Waals surface area contributed by atoms with Gasteiger partial charge in [0.1, 0.15) is 12.4 Å². The largest absolute Gasteiger partial charge is 0.487 e. The minimum Gasteiger partial charge on any atom is -0.487 e. The van der Waals surface area contributed by atoms with E-state index in [0.29, 0.717) is 11.7 Å². The average Bonchev–Trinajstić information content (AvgIpc) is 3.19. The predicted octanol–water partition coefficient (Wildman–Crippen LogP) is 3.05. The highest BCUT2D eigenvalue weighted by atomic mass is 32.1. The average molecular weight is 272 g/mol. The zero-order valence-corrected chi connectivity index (χ0v) is 11.0. The quantitative estimate of drug-likeness (QED) is 0.914. The van der Waals surface area contributed by atoms with Gasteiger partial charge < -0.3 is 10.1 Å². The van der Waals surface area contributed by atoms with Crippen molar-refractivity contribution in [2.45, 2.75) is 19.4 Å². The molecule has 1 aliphatic carbocycles. The number of hydrogen-bond acceptors (Lipinski definition) is 4. The van der Waals surface area contributed by atoms with Crippen molar-refractivity contribution in [2.75, 3.05) is 5.32 Å². The number of para-hydroxylation sites is 1. The summed E-state index contributed by atoms with van der Waals surface area (Å²) in [5.41, 5.74) is 1.95. The van der Waals surface area contributed by atoms with Crippen LogP contribution >= 0.6 is 11.3 Å². The summed E-state index contributed by atoms with van der Waals surface area (Å²) in [6.07, 6.45) is 2.01. The van der Waals surface area contributed by atoms with Gasteiger partial charge in [0.2, 0.25) is 5.91 Å². The van der Waals surface area contributed by atoms with E-state index in [2.05, 4.69) is 10.3 Å². The Balaban J connectivity index is 1.68. The van der Waals surface area contributed by atoms with Crippen LogP contribution in [0.5, 0.6) is 5.75 Å². The molecule has 1 fully saturated rings. The SMILES string of the molecule is O=C(Nc1nc2c(s1)COc1ccccc1-2)C1CC1. The maximum absolute atomic E-state index is 11.8. The summed E-state index contributed by atoms with van der Waals surface area (Å²) < 4.78 is 5.69. The molecular weight excluding hydrogens is 260 g/mol. The van der Waals surface area contributed by atoms with Crippen LogP contribution in [0.25, 0.3) is 11.3 Å². The standard InChI is InChI=1S/C14H12N2O2S/c17-13(8-5-6-8)16-14-15-12-9-3-1-2-4-10(9)18-7-11(12)19-14/h1-4,8H,5-7H2,(H,15,16,17). The molecule has 19 heavy (non-hydrogen) atoms. The zero-order valence-electron chi connectivity index (χ0n) is 10.2. The van der Waals surface area contributed by atoms with E-state index < -0.39 is 0 Å². The molecule has 4 nitrogen and oxygen atoms in total. The van der Waals surface area contributed by atoms with Crippen LogP contribution < -0.4 is 10.1 Å². The Morgan fingerprint density at radius 1 is 1.37 bits per heavy atom. The molecule has 1 aromatic carbocycles. The van der Waals surface area contributed by atoms with Gasteiger partial charge in [0.05, 0.1) is 10.6 Å². The van der Waals surface area contributed by atoms with Crippen molar-refractivity contribution in [2.24, 2.45) is 5.92 Å². The van der Waals surface area contributed by atoms with Crippen LogP contribution in [-0.4, -0.2) is 10.9 Å². The van der Waals surface area contributed by atoms with Gasteiger partial charge in [0.15, 0.2) is 5.13 Å². The molecule has 5 heteroatoms. The lowest BCUT2D eigenvalue weighted by molar-refractivity contribution is -0.117. The molecule has 1 aromatic heterocycles. The van der Waals surface area contributed by atoms with Crippen LogP contribution in [0.3, 0.4) is 0 Å². The summed E-state index contributed by atoms with van der Waals surface area (Å²) in [5, 5.41) is 3.59. The Kier molecular flexibility index (Phi) is 2.35. The molecule has 1 N–H and O–H groups in total. The maximum atomic E-state index is 11.8. The Hall–Kier alpha value is -1.88. The van der Waals surface area contributed by atoms with Gasteiger partial charge in [0.25, 0.3) is 0 Å². The van der Waals surface area contributed by atoms with Gasteiger partial charge in [-0.25, -0.2) is 4.98 Å². The van der Waals surface area contributed by atoms with Crippen molar-refractivity contribution in [1.82, 2.24) is 4.98 Å². The number of thiazole rings is 1. The number of carbonyl (C=O) groups is 1. The molecule has 96 valence electrons. The number of nitrogens with one attached hydrogen (secondary N) is 1. The molecule has 0 unspecified atom stereocenters. The van der Waals surface area contributed by atoms with E-state index >= 15 is 0 Å². The number of hydrogen-bond donors (Lipinski definition) is 1. The van der Waals surface area contributed by atoms with Crippen molar-refractivity contribution in [3.8, 4) is 17.0 Å². The number of anilines is 1. The first-order valence-electron chi connectivity index (χ1n) is 6.34. The number of amides is 1. The lowest BCUT2D eigenvalue weighted by Gasteiger charge is -2.15. The van der Waals surface area contributed by atoms with E-state index in [9.17, 15) is 4.79 Å². The Morgan fingerprint density at radius 3 is 3.05 bits per heavy atom. The maximum Gasteiger partial charge on any atom is 0.229 e.